The molecule has 6 nitrogen and oxygen atoms in total. The molecule has 2 heterocycles. The summed E-state index contributed by atoms with van der Waals surface area (Å²) in [6.45, 7) is 5.22. The van der Waals surface area contributed by atoms with E-state index in [2.05, 4.69) is 5.32 Å². The Kier molecular flexibility index (Phi) is 5.97. The van der Waals surface area contributed by atoms with E-state index in [1.165, 1.54) is 0 Å². The molecule has 0 spiro atoms. The summed E-state index contributed by atoms with van der Waals surface area (Å²) in [5.74, 6) is 0.190. The first-order valence-corrected chi connectivity index (χ1v) is 10.2. The standard InChI is InChI=1S/C24H25NO5/c1-3-29-20-14-28-13-12-19(20)25-24(27)18-11-7-10-17-21(26)15(2)22(30-23(17)18)16-8-5-4-6-9-16/h4-11,19-20H,3,12-14H2,1-2H3,(H,25,27). The second kappa shape index (κ2) is 8.81. The van der Waals surface area contributed by atoms with Crippen molar-refractivity contribution in [2.24, 2.45) is 0 Å². The van der Waals surface area contributed by atoms with Gasteiger partial charge in [-0.3, -0.25) is 9.59 Å². The van der Waals surface area contributed by atoms with E-state index >= 15 is 0 Å². The number of para-hydroxylation sites is 1. The van der Waals surface area contributed by atoms with Gasteiger partial charge in [-0.05, 0) is 32.4 Å². The summed E-state index contributed by atoms with van der Waals surface area (Å²) in [5.41, 5.74) is 1.81. The number of benzene rings is 2. The molecule has 1 saturated heterocycles. The van der Waals surface area contributed by atoms with E-state index < -0.39 is 0 Å². The van der Waals surface area contributed by atoms with Crippen LogP contribution >= 0.6 is 0 Å². The van der Waals surface area contributed by atoms with E-state index in [0.717, 1.165) is 5.56 Å². The fourth-order valence-corrected chi connectivity index (χ4v) is 3.85. The highest BCUT2D eigenvalue weighted by atomic mass is 16.5. The van der Waals surface area contributed by atoms with Crippen LogP contribution in [0.5, 0.6) is 0 Å². The molecule has 156 valence electrons. The van der Waals surface area contributed by atoms with Crippen LogP contribution in [0.3, 0.4) is 0 Å². The first kappa shape index (κ1) is 20.3. The number of ether oxygens (including phenoxy) is 2. The minimum absolute atomic E-state index is 0.136. The Morgan fingerprint density at radius 2 is 1.97 bits per heavy atom. The average Bonchev–Trinajstić information content (AvgIpc) is 2.78. The lowest BCUT2D eigenvalue weighted by atomic mass is 10.0. The highest BCUT2D eigenvalue weighted by Crippen LogP contribution is 2.27. The van der Waals surface area contributed by atoms with Crippen molar-refractivity contribution in [2.45, 2.75) is 32.4 Å². The quantitative estimate of drug-likeness (QED) is 0.698. The van der Waals surface area contributed by atoms with Gasteiger partial charge >= 0.3 is 0 Å². The van der Waals surface area contributed by atoms with E-state index in [1.807, 2.05) is 37.3 Å². The summed E-state index contributed by atoms with van der Waals surface area (Å²) >= 11 is 0. The summed E-state index contributed by atoms with van der Waals surface area (Å²) in [6.07, 6.45) is 0.469. The molecule has 0 bridgehead atoms. The molecule has 1 aliphatic heterocycles. The molecule has 1 aliphatic rings. The van der Waals surface area contributed by atoms with Crippen molar-refractivity contribution in [1.29, 1.82) is 0 Å². The molecule has 1 aromatic heterocycles. The first-order valence-electron chi connectivity index (χ1n) is 10.2. The largest absolute Gasteiger partial charge is 0.455 e. The van der Waals surface area contributed by atoms with Gasteiger partial charge in [-0.25, -0.2) is 0 Å². The normalized spacial score (nSPS) is 19.0. The second-order valence-corrected chi connectivity index (χ2v) is 7.37. The van der Waals surface area contributed by atoms with Crippen LogP contribution in [0.25, 0.3) is 22.3 Å². The van der Waals surface area contributed by atoms with Crippen LogP contribution in [0, 0.1) is 6.92 Å². The Morgan fingerprint density at radius 3 is 2.73 bits per heavy atom. The van der Waals surface area contributed by atoms with Crippen molar-refractivity contribution in [1.82, 2.24) is 5.32 Å². The molecule has 1 N–H and O–H groups in total. The summed E-state index contributed by atoms with van der Waals surface area (Å²) < 4.78 is 17.4. The number of fused-ring (bicyclic) bond motifs is 1. The SMILES string of the molecule is CCOC1COCCC1NC(=O)c1cccc2c(=O)c(C)c(-c3ccccc3)oc12. The fourth-order valence-electron chi connectivity index (χ4n) is 3.85. The average molecular weight is 407 g/mol. The lowest BCUT2D eigenvalue weighted by Gasteiger charge is -2.31. The molecule has 2 unspecified atom stereocenters. The van der Waals surface area contributed by atoms with Crippen LogP contribution in [0.1, 0.15) is 29.3 Å². The summed E-state index contributed by atoms with van der Waals surface area (Å²) in [4.78, 5) is 26.1. The number of rotatable bonds is 5. The van der Waals surface area contributed by atoms with Crippen molar-refractivity contribution in [3.63, 3.8) is 0 Å². The van der Waals surface area contributed by atoms with Gasteiger partial charge in [0.1, 0.15) is 11.9 Å². The van der Waals surface area contributed by atoms with E-state index in [4.69, 9.17) is 13.9 Å². The molecule has 3 aromatic rings. The predicted octanol–water partition coefficient (Wildman–Crippen LogP) is 3.69. The maximum Gasteiger partial charge on any atom is 0.255 e. The van der Waals surface area contributed by atoms with Gasteiger partial charge in [-0.2, -0.15) is 0 Å². The van der Waals surface area contributed by atoms with E-state index in [1.54, 1.807) is 25.1 Å². The van der Waals surface area contributed by atoms with Crippen LogP contribution in [0.15, 0.2) is 57.7 Å². The number of hydrogen-bond donors (Lipinski definition) is 1. The zero-order valence-electron chi connectivity index (χ0n) is 17.1. The van der Waals surface area contributed by atoms with E-state index in [-0.39, 0.29) is 23.5 Å². The van der Waals surface area contributed by atoms with Crippen molar-refractivity contribution >= 4 is 16.9 Å². The van der Waals surface area contributed by atoms with Crippen LogP contribution in [-0.2, 0) is 9.47 Å². The molecule has 0 radical (unpaired) electrons. The fraction of sp³-hybridized carbons (Fsp3) is 0.333. The molecule has 6 heteroatoms. The molecule has 0 saturated carbocycles. The third-order valence-corrected chi connectivity index (χ3v) is 5.43. The van der Waals surface area contributed by atoms with Crippen LogP contribution in [0.4, 0.5) is 0 Å². The Hall–Kier alpha value is -2.96. The molecular formula is C24H25NO5. The Morgan fingerprint density at radius 1 is 1.17 bits per heavy atom. The number of nitrogens with one attached hydrogen (secondary N) is 1. The summed E-state index contributed by atoms with van der Waals surface area (Å²) in [6, 6.07) is 14.4. The highest BCUT2D eigenvalue weighted by Gasteiger charge is 2.29. The Labute approximate surface area is 174 Å². The lowest BCUT2D eigenvalue weighted by Crippen LogP contribution is -2.50. The monoisotopic (exact) mass is 407 g/mol. The number of amides is 1. The van der Waals surface area contributed by atoms with E-state index in [0.29, 0.717) is 54.1 Å². The molecule has 0 aliphatic carbocycles. The van der Waals surface area contributed by atoms with Crippen LogP contribution < -0.4 is 10.7 Å². The second-order valence-electron chi connectivity index (χ2n) is 7.37. The van der Waals surface area contributed by atoms with Gasteiger partial charge in [0.05, 0.1) is 23.6 Å². The summed E-state index contributed by atoms with van der Waals surface area (Å²) in [5, 5.41) is 3.45. The van der Waals surface area contributed by atoms with Gasteiger partial charge in [-0.1, -0.05) is 36.4 Å². The number of carbonyl (C=O) groups excluding carboxylic acids is 1. The van der Waals surface area contributed by atoms with Crippen molar-refractivity contribution in [3.05, 3.63) is 69.9 Å². The zero-order valence-corrected chi connectivity index (χ0v) is 17.1. The molecule has 4 rings (SSSR count). The molecular weight excluding hydrogens is 382 g/mol. The number of hydrogen-bond acceptors (Lipinski definition) is 5. The van der Waals surface area contributed by atoms with Crippen molar-refractivity contribution in [3.8, 4) is 11.3 Å². The first-order chi connectivity index (χ1) is 14.6. The van der Waals surface area contributed by atoms with Gasteiger partial charge in [-0.15, -0.1) is 0 Å². The number of carbonyl (C=O) groups is 1. The van der Waals surface area contributed by atoms with Gasteiger partial charge in [0, 0.05) is 24.3 Å². The predicted molar refractivity (Wildman–Crippen MR) is 115 cm³/mol. The van der Waals surface area contributed by atoms with Crippen molar-refractivity contribution < 1.29 is 18.7 Å². The molecule has 1 amide bonds. The van der Waals surface area contributed by atoms with Crippen LogP contribution in [-0.4, -0.2) is 37.9 Å². The maximum atomic E-state index is 13.2. The van der Waals surface area contributed by atoms with E-state index in [9.17, 15) is 9.59 Å². The van der Waals surface area contributed by atoms with Gasteiger partial charge < -0.3 is 19.2 Å². The molecule has 2 aromatic carbocycles. The lowest BCUT2D eigenvalue weighted by molar-refractivity contribution is -0.0632. The zero-order chi connectivity index (χ0) is 21.1. The molecule has 1 fully saturated rings. The molecule has 30 heavy (non-hydrogen) atoms. The smallest absolute Gasteiger partial charge is 0.255 e. The Balaban J connectivity index is 1.75. The minimum Gasteiger partial charge on any atom is -0.455 e. The third-order valence-electron chi connectivity index (χ3n) is 5.43. The Bertz CT molecular complexity index is 1100. The van der Waals surface area contributed by atoms with Crippen LogP contribution in [0.2, 0.25) is 0 Å². The van der Waals surface area contributed by atoms with Gasteiger partial charge in [0.25, 0.3) is 5.91 Å². The molecule has 2 atom stereocenters. The third kappa shape index (κ3) is 3.88. The maximum absolute atomic E-state index is 13.2. The van der Waals surface area contributed by atoms with Crippen molar-refractivity contribution in [2.75, 3.05) is 19.8 Å². The summed E-state index contributed by atoms with van der Waals surface area (Å²) in [7, 11) is 0. The minimum atomic E-state index is -0.289. The topological polar surface area (TPSA) is 77.8 Å². The highest BCUT2D eigenvalue weighted by molar-refractivity contribution is 6.05. The van der Waals surface area contributed by atoms with Gasteiger partial charge in [0.2, 0.25) is 0 Å². The van der Waals surface area contributed by atoms with Gasteiger partial charge in [0.15, 0.2) is 11.0 Å².